The third-order valence-corrected chi connectivity index (χ3v) is 4.54. The number of likely N-dealkylation sites (tertiary alicyclic amines) is 1. The number of carboxylic acids is 1. The zero-order valence-corrected chi connectivity index (χ0v) is 12.2. The van der Waals surface area contributed by atoms with Crippen molar-refractivity contribution < 1.29 is 9.90 Å². The molecule has 1 N–H and O–H groups in total. The van der Waals surface area contributed by atoms with Crippen molar-refractivity contribution in [2.24, 2.45) is 0 Å². The van der Waals surface area contributed by atoms with Crippen molar-refractivity contribution in [2.75, 3.05) is 31.1 Å². The first-order valence-electron chi connectivity index (χ1n) is 7.78. The maximum atomic E-state index is 11.0. The van der Waals surface area contributed by atoms with E-state index in [1.807, 2.05) is 0 Å². The van der Waals surface area contributed by atoms with Gasteiger partial charge in [-0.25, -0.2) is 9.78 Å². The van der Waals surface area contributed by atoms with Gasteiger partial charge in [0.05, 0.1) is 12.4 Å². The van der Waals surface area contributed by atoms with E-state index in [-0.39, 0.29) is 5.69 Å². The maximum Gasteiger partial charge on any atom is 0.356 e. The molecular formula is C15H22N4O2. The molecule has 3 heterocycles. The van der Waals surface area contributed by atoms with E-state index in [4.69, 9.17) is 5.11 Å². The number of piperidine rings is 2. The second-order valence-electron chi connectivity index (χ2n) is 5.88. The van der Waals surface area contributed by atoms with Gasteiger partial charge < -0.3 is 14.9 Å². The van der Waals surface area contributed by atoms with Crippen LogP contribution in [0.2, 0.25) is 0 Å². The molecule has 0 spiro atoms. The first-order chi connectivity index (χ1) is 10.2. The topological polar surface area (TPSA) is 69.6 Å². The summed E-state index contributed by atoms with van der Waals surface area (Å²) < 4.78 is 0. The minimum Gasteiger partial charge on any atom is -0.476 e. The average Bonchev–Trinajstić information content (AvgIpc) is 2.56. The predicted molar refractivity (Wildman–Crippen MR) is 79.7 cm³/mol. The molecule has 2 saturated heterocycles. The first-order valence-corrected chi connectivity index (χ1v) is 7.78. The molecule has 2 aliphatic heterocycles. The van der Waals surface area contributed by atoms with Gasteiger partial charge in [-0.05, 0) is 38.8 Å². The summed E-state index contributed by atoms with van der Waals surface area (Å²) in [6, 6.07) is 0.678. The number of anilines is 1. The van der Waals surface area contributed by atoms with Crippen molar-refractivity contribution in [3.63, 3.8) is 0 Å². The maximum absolute atomic E-state index is 11.0. The molecule has 0 radical (unpaired) electrons. The van der Waals surface area contributed by atoms with Crippen LogP contribution in [0.25, 0.3) is 0 Å². The smallest absolute Gasteiger partial charge is 0.356 e. The highest BCUT2D eigenvalue weighted by Crippen LogP contribution is 2.23. The minimum atomic E-state index is -1.02. The highest BCUT2D eigenvalue weighted by molar-refractivity contribution is 5.85. The van der Waals surface area contributed by atoms with E-state index in [1.165, 1.54) is 38.5 Å². The summed E-state index contributed by atoms with van der Waals surface area (Å²) in [7, 11) is 0. The van der Waals surface area contributed by atoms with Gasteiger partial charge in [-0.3, -0.25) is 4.98 Å². The molecule has 0 unspecified atom stereocenters. The van der Waals surface area contributed by atoms with Crippen LogP contribution in [0.5, 0.6) is 0 Å². The van der Waals surface area contributed by atoms with E-state index < -0.39 is 5.97 Å². The Labute approximate surface area is 124 Å². The van der Waals surface area contributed by atoms with Gasteiger partial charge in [0.15, 0.2) is 5.69 Å². The van der Waals surface area contributed by atoms with E-state index in [0.29, 0.717) is 11.9 Å². The van der Waals surface area contributed by atoms with Gasteiger partial charge in [0, 0.05) is 19.1 Å². The number of aromatic nitrogens is 2. The number of carboxylic acid groups (broad SMARTS) is 1. The molecule has 114 valence electrons. The molecule has 0 amide bonds. The Hall–Kier alpha value is -1.69. The van der Waals surface area contributed by atoms with E-state index in [0.717, 1.165) is 25.9 Å². The second-order valence-corrected chi connectivity index (χ2v) is 5.88. The normalized spacial score (nSPS) is 21.4. The van der Waals surface area contributed by atoms with E-state index >= 15 is 0 Å². The Morgan fingerprint density at radius 2 is 1.81 bits per heavy atom. The molecule has 2 aliphatic rings. The largest absolute Gasteiger partial charge is 0.476 e. The molecule has 6 heteroatoms. The molecule has 3 rings (SSSR count). The molecule has 2 fully saturated rings. The third kappa shape index (κ3) is 3.32. The zero-order valence-electron chi connectivity index (χ0n) is 12.2. The van der Waals surface area contributed by atoms with Crippen molar-refractivity contribution in [3.05, 3.63) is 18.1 Å². The fraction of sp³-hybridized carbons (Fsp3) is 0.667. The Morgan fingerprint density at radius 3 is 2.48 bits per heavy atom. The SMILES string of the molecule is O=C(O)c1cncc(N2CCC(N3CCCCC3)CC2)n1. The number of carbonyl (C=O) groups is 1. The van der Waals surface area contributed by atoms with Gasteiger partial charge in [-0.2, -0.15) is 0 Å². The van der Waals surface area contributed by atoms with E-state index in [1.54, 1.807) is 6.20 Å². The molecule has 0 aliphatic carbocycles. The molecule has 21 heavy (non-hydrogen) atoms. The molecule has 1 aromatic rings. The summed E-state index contributed by atoms with van der Waals surface area (Å²) in [5, 5.41) is 8.99. The van der Waals surface area contributed by atoms with Crippen LogP contribution < -0.4 is 4.90 Å². The lowest BCUT2D eigenvalue weighted by Crippen LogP contribution is -2.47. The van der Waals surface area contributed by atoms with Gasteiger partial charge >= 0.3 is 5.97 Å². The molecule has 0 bridgehead atoms. The summed E-state index contributed by atoms with van der Waals surface area (Å²) in [4.78, 5) is 23.9. The van der Waals surface area contributed by atoms with Crippen LogP contribution in [0.4, 0.5) is 5.82 Å². The molecule has 6 nitrogen and oxygen atoms in total. The summed E-state index contributed by atoms with van der Waals surface area (Å²) in [5.74, 6) is -0.334. The van der Waals surface area contributed by atoms with Crippen LogP contribution in [0, 0.1) is 0 Å². The predicted octanol–water partition coefficient (Wildman–Crippen LogP) is 1.63. The van der Waals surface area contributed by atoms with Crippen molar-refractivity contribution in [1.82, 2.24) is 14.9 Å². The van der Waals surface area contributed by atoms with Crippen LogP contribution in [0.3, 0.4) is 0 Å². The van der Waals surface area contributed by atoms with Crippen LogP contribution in [-0.4, -0.2) is 58.2 Å². The van der Waals surface area contributed by atoms with Crippen molar-refractivity contribution >= 4 is 11.8 Å². The Kier molecular flexibility index (Phi) is 4.34. The molecule has 0 saturated carbocycles. The van der Waals surface area contributed by atoms with E-state index in [2.05, 4.69) is 19.8 Å². The minimum absolute atomic E-state index is 0.0191. The zero-order chi connectivity index (χ0) is 14.7. The Morgan fingerprint density at radius 1 is 1.10 bits per heavy atom. The summed E-state index contributed by atoms with van der Waals surface area (Å²) in [5.41, 5.74) is 0.0191. The Bertz CT molecular complexity index is 494. The number of hydrogen-bond donors (Lipinski definition) is 1. The fourth-order valence-corrected chi connectivity index (χ4v) is 3.35. The number of nitrogens with zero attached hydrogens (tertiary/aromatic N) is 4. The van der Waals surface area contributed by atoms with Crippen molar-refractivity contribution in [2.45, 2.75) is 38.1 Å². The van der Waals surface area contributed by atoms with Crippen molar-refractivity contribution in [3.8, 4) is 0 Å². The third-order valence-electron chi connectivity index (χ3n) is 4.54. The van der Waals surface area contributed by atoms with Crippen molar-refractivity contribution in [1.29, 1.82) is 0 Å². The average molecular weight is 290 g/mol. The van der Waals surface area contributed by atoms with Crippen LogP contribution in [-0.2, 0) is 0 Å². The first kappa shape index (κ1) is 14.3. The number of aromatic carboxylic acids is 1. The van der Waals surface area contributed by atoms with Crippen LogP contribution >= 0.6 is 0 Å². The van der Waals surface area contributed by atoms with Gasteiger partial charge in [-0.15, -0.1) is 0 Å². The Balaban J connectivity index is 1.60. The standard InChI is InChI=1S/C15H22N4O2/c20-15(21)13-10-16-11-14(17-13)19-8-4-12(5-9-19)18-6-2-1-3-7-18/h10-12H,1-9H2,(H,20,21). The monoisotopic (exact) mass is 290 g/mol. The van der Waals surface area contributed by atoms with Gasteiger partial charge in [0.25, 0.3) is 0 Å². The summed E-state index contributed by atoms with van der Waals surface area (Å²) in [6.07, 6.45) is 9.23. The van der Waals surface area contributed by atoms with Crippen LogP contribution in [0.15, 0.2) is 12.4 Å². The lowest BCUT2D eigenvalue weighted by atomic mass is 10.00. The van der Waals surface area contributed by atoms with Gasteiger partial charge in [0.2, 0.25) is 0 Å². The lowest BCUT2D eigenvalue weighted by Gasteiger charge is -2.40. The lowest BCUT2D eigenvalue weighted by molar-refractivity contribution is 0.0690. The molecule has 1 aromatic heterocycles. The van der Waals surface area contributed by atoms with Gasteiger partial charge in [0.1, 0.15) is 5.82 Å². The fourth-order valence-electron chi connectivity index (χ4n) is 3.35. The molecule has 0 atom stereocenters. The second kappa shape index (κ2) is 6.39. The van der Waals surface area contributed by atoms with E-state index in [9.17, 15) is 4.79 Å². The number of rotatable bonds is 3. The molecular weight excluding hydrogens is 268 g/mol. The quantitative estimate of drug-likeness (QED) is 0.912. The highest BCUT2D eigenvalue weighted by atomic mass is 16.4. The van der Waals surface area contributed by atoms with Gasteiger partial charge in [-0.1, -0.05) is 6.42 Å². The summed E-state index contributed by atoms with van der Waals surface area (Å²) in [6.45, 7) is 4.33. The number of hydrogen-bond acceptors (Lipinski definition) is 5. The van der Waals surface area contributed by atoms with Crippen LogP contribution in [0.1, 0.15) is 42.6 Å². The highest BCUT2D eigenvalue weighted by Gasteiger charge is 2.26. The summed E-state index contributed by atoms with van der Waals surface area (Å²) >= 11 is 0. The molecule has 0 aromatic carbocycles.